The Morgan fingerprint density at radius 1 is 1.00 bits per heavy atom. The first kappa shape index (κ1) is 22.5. The monoisotopic (exact) mass is 416 g/mol. The summed E-state index contributed by atoms with van der Waals surface area (Å²) in [5.74, 6) is 4.37. The molecule has 0 radical (unpaired) electrons. The van der Waals surface area contributed by atoms with Crippen LogP contribution in [0.4, 0.5) is 0 Å². The molecular weight excluding hydrogens is 372 g/mol. The van der Waals surface area contributed by atoms with Gasteiger partial charge in [0.05, 0.1) is 0 Å². The topological polar surface area (TPSA) is 57.5 Å². The summed E-state index contributed by atoms with van der Waals surface area (Å²) in [5, 5.41) is 18.7. The number of hydrogen-bond donors (Lipinski definition) is 2. The molecule has 0 bridgehead atoms. The maximum atomic E-state index is 12.0. The summed E-state index contributed by atoms with van der Waals surface area (Å²) < 4.78 is 0. The van der Waals surface area contributed by atoms with Gasteiger partial charge in [-0.2, -0.15) is 0 Å². The van der Waals surface area contributed by atoms with Crippen molar-refractivity contribution in [1.29, 1.82) is 0 Å². The van der Waals surface area contributed by atoms with Crippen molar-refractivity contribution in [2.75, 3.05) is 0 Å². The van der Waals surface area contributed by atoms with Gasteiger partial charge in [-0.05, 0) is 97.9 Å². The van der Waals surface area contributed by atoms with E-state index in [0.717, 1.165) is 61.7 Å². The Morgan fingerprint density at radius 3 is 2.50 bits per heavy atom. The summed E-state index contributed by atoms with van der Waals surface area (Å²) in [6.45, 7) is 9.49. The molecule has 3 saturated carbocycles. The van der Waals surface area contributed by atoms with E-state index in [9.17, 15) is 15.0 Å². The van der Waals surface area contributed by atoms with Gasteiger partial charge in [-0.3, -0.25) is 4.79 Å². The largest absolute Gasteiger partial charge is 0.368 e. The zero-order chi connectivity index (χ0) is 21.7. The lowest BCUT2D eigenvalue weighted by Crippen LogP contribution is -2.50. The Labute approximate surface area is 183 Å². The fraction of sp³-hybridized carbons (Fsp3) is 0.889. The van der Waals surface area contributed by atoms with Crippen molar-refractivity contribution in [2.24, 2.45) is 46.3 Å². The minimum absolute atomic E-state index is 0.0211. The minimum atomic E-state index is -1.18. The van der Waals surface area contributed by atoms with E-state index >= 15 is 0 Å². The van der Waals surface area contributed by atoms with Gasteiger partial charge in [-0.1, -0.05) is 46.1 Å². The summed E-state index contributed by atoms with van der Waals surface area (Å²) >= 11 is 0. The summed E-state index contributed by atoms with van der Waals surface area (Å²) in [6, 6.07) is 0. The number of carbonyl (C=O) groups excluding carboxylic acids is 1. The second-order valence-electron chi connectivity index (χ2n) is 12.0. The molecule has 3 nitrogen and oxygen atoms in total. The molecule has 170 valence electrons. The molecule has 30 heavy (non-hydrogen) atoms. The number of allylic oxidation sites excluding steroid dienone is 1. The fourth-order valence-electron chi connectivity index (χ4n) is 8.65. The third-order valence-corrected chi connectivity index (χ3v) is 10.6. The Kier molecular flexibility index (Phi) is 6.27. The molecule has 0 aromatic heterocycles. The molecule has 0 spiro atoms. The van der Waals surface area contributed by atoms with E-state index in [2.05, 4.69) is 20.8 Å². The molecule has 0 heterocycles. The highest BCUT2D eigenvalue weighted by Crippen LogP contribution is 2.67. The maximum absolute atomic E-state index is 12.0. The fourth-order valence-corrected chi connectivity index (χ4v) is 8.65. The van der Waals surface area contributed by atoms with Crippen molar-refractivity contribution in [3.63, 3.8) is 0 Å². The third kappa shape index (κ3) is 3.72. The van der Waals surface area contributed by atoms with Crippen LogP contribution in [-0.4, -0.2) is 22.3 Å². The zero-order valence-electron chi connectivity index (χ0n) is 19.7. The van der Waals surface area contributed by atoms with Crippen molar-refractivity contribution in [3.8, 4) is 0 Å². The summed E-state index contributed by atoms with van der Waals surface area (Å²) in [4.78, 5) is 12.0. The summed E-state index contributed by atoms with van der Waals surface area (Å²) in [5.41, 5.74) is 2.24. The molecule has 0 aromatic rings. The van der Waals surface area contributed by atoms with E-state index in [1.807, 2.05) is 13.0 Å². The first-order chi connectivity index (χ1) is 14.2. The van der Waals surface area contributed by atoms with E-state index in [1.165, 1.54) is 44.1 Å². The van der Waals surface area contributed by atoms with Crippen LogP contribution in [-0.2, 0) is 4.79 Å². The normalized spacial score (nSPS) is 42.9. The standard InChI is InChI=1S/C27H44O3/c1-17(6-5-7-18(2)25(29)30)22-10-11-23-21-9-8-19-16-20(28)12-14-26(19,3)24(21)13-15-27(22,23)4/h16-18,21-25,29-30H,5-15H2,1-4H3/t17?,18?,21-,22+,23-,24-,26-,27+/m0/s1. The SMILES string of the molecule is CC(CCCC(C)[C@H]1CC[C@H]2[C@@H]3CCC4=CC(=O)CC[C@]4(C)[C@H]3CC[C@]12C)C(O)O. The van der Waals surface area contributed by atoms with Crippen LogP contribution < -0.4 is 0 Å². The van der Waals surface area contributed by atoms with Crippen LogP contribution in [0.25, 0.3) is 0 Å². The Morgan fingerprint density at radius 2 is 1.77 bits per heavy atom. The Balaban J connectivity index is 1.44. The number of carbonyl (C=O) groups is 1. The molecule has 2 N–H and O–H groups in total. The van der Waals surface area contributed by atoms with Gasteiger partial charge in [-0.15, -0.1) is 0 Å². The van der Waals surface area contributed by atoms with E-state index < -0.39 is 6.29 Å². The molecule has 2 unspecified atom stereocenters. The lowest BCUT2D eigenvalue weighted by atomic mass is 9.46. The second kappa shape index (κ2) is 8.35. The van der Waals surface area contributed by atoms with Crippen molar-refractivity contribution < 1.29 is 15.0 Å². The molecule has 0 amide bonds. The van der Waals surface area contributed by atoms with Gasteiger partial charge >= 0.3 is 0 Å². The first-order valence-electron chi connectivity index (χ1n) is 12.8. The average Bonchev–Trinajstić information content (AvgIpc) is 3.05. The number of hydrogen-bond acceptors (Lipinski definition) is 3. The maximum Gasteiger partial charge on any atom is 0.155 e. The summed E-state index contributed by atoms with van der Waals surface area (Å²) in [7, 11) is 0. The van der Waals surface area contributed by atoms with Gasteiger partial charge < -0.3 is 10.2 Å². The number of fused-ring (bicyclic) bond motifs is 5. The molecule has 4 rings (SSSR count). The molecule has 3 fully saturated rings. The van der Waals surface area contributed by atoms with Crippen molar-refractivity contribution >= 4 is 5.78 Å². The highest BCUT2D eigenvalue weighted by atomic mass is 16.5. The highest BCUT2D eigenvalue weighted by Gasteiger charge is 2.59. The molecular formula is C27H44O3. The predicted octanol–water partition coefficient (Wildman–Crippen LogP) is 5.89. The molecule has 8 atom stereocenters. The minimum Gasteiger partial charge on any atom is -0.368 e. The van der Waals surface area contributed by atoms with Gasteiger partial charge in [0.1, 0.15) is 0 Å². The second-order valence-corrected chi connectivity index (χ2v) is 12.0. The lowest BCUT2D eigenvalue weighted by Gasteiger charge is -2.58. The smallest absolute Gasteiger partial charge is 0.155 e. The highest BCUT2D eigenvalue weighted by molar-refractivity contribution is 5.91. The number of ketones is 1. The molecule has 4 aliphatic carbocycles. The van der Waals surface area contributed by atoms with Crippen LogP contribution in [0.3, 0.4) is 0 Å². The van der Waals surface area contributed by atoms with E-state index in [1.54, 1.807) is 0 Å². The van der Waals surface area contributed by atoms with E-state index in [4.69, 9.17) is 0 Å². The molecule has 0 aromatic carbocycles. The lowest BCUT2D eigenvalue weighted by molar-refractivity contribution is -0.117. The van der Waals surface area contributed by atoms with Crippen LogP contribution >= 0.6 is 0 Å². The molecule has 4 aliphatic rings. The first-order valence-corrected chi connectivity index (χ1v) is 12.8. The number of rotatable bonds is 6. The van der Waals surface area contributed by atoms with Gasteiger partial charge in [-0.25, -0.2) is 0 Å². The van der Waals surface area contributed by atoms with Gasteiger partial charge in [0.25, 0.3) is 0 Å². The van der Waals surface area contributed by atoms with Crippen LogP contribution in [0, 0.1) is 46.3 Å². The van der Waals surface area contributed by atoms with Gasteiger partial charge in [0.15, 0.2) is 12.1 Å². The van der Waals surface area contributed by atoms with Crippen molar-refractivity contribution in [2.45, 2.75) is 105 Å². The van der Waals surface area contributed by atoms with Gasteiger partial charge in [0, 0.05) is 12.3 Å². The van der Waals surface area contributed by atoms with Gasteiger partial charge in [0.2, 0.25) is 0 Å². The summed E-state index contributed by atoms with van der Waals surface area (Å²) in [6.07, 6.45) is 13.8. The third-order valence-electron chi connectivity index (χ3n) is 10.6. The van der Waals surface area contributed by atoms with Crippen LogP contribution in [0.1, 0.15) is 98.3 Å². The predicted molar refractivity (Wildman–Crippen MR) is 121 cm³/mol. The number of aliphatic hydroxyl groups is 2. The van der Waals surface area contributed by atoms with Crippen LogP contribution in [0.2, 0.25) is 0 Å². The van der Waals surface area contributed by atoms with E-state index in [-0.39, 0.29) is 11.3 Å². The molecule has 3 heteroatoms. The Bertz CT molecular complexity index is 682. The zero-order valence-corrected chi connectivity index (χ0v) is 19.7. The average molecular weight is 417 g/mol. The van der Waals surface area contributed by atoms with E-state index in [0.29, 0.717) is 11.2 Å². The number of aliphatic hydroxyl groups excluding tert-OH is 1. The Hall–Kier alpha value is -0.670. The molecule has 0 aliphatic heterocycles. The van der Waals surface area contributed by atoms with Crippen LogP contribution in [0.5, 0.6) is 0 Å². The quantitative estimate of drug-likeness (QED) is 0.531. The van der Waals surface area contributed by atoms with Crippen molar-refractivity contribution in [1.82, 2.24) is 0 Å². The van der Waals surface area contributed by atoms with Crippen LogP contribution in [0.15, 0.2) is 11.6 Å². The van der Waals surface area contributed by atoms with Crippen molar-refractivity contribution in [3.05, 3.63) is 11.6 Å². The molecule has 0 saturated heterocycles.